The first-order chi connectivity index (χ1) is 12.9. The number of hydrogen-bond donors (Lipinski definition) is 2. The second-order valence-corrected chi connectivity index (χ2v) is 6.73. The van der Waals surface area contributed by atoms with E-state index < -0.39 is 5.97 Å². The van der Waals surface area contributed by atoms with Crippen molar-refractivity contribution >= 4 is 17.8 Å². The average molecular weight is 370 g/mol. The summed E-state index contributed by atoms with van der Waals surface area (Å²) in [5.41, 5.74) is 1.19. The Balaban J connectivity index is 1.47. The fourth-order valence-corrected chi connectivity index (χ4v) is 3.16. The molecule has 1 fully saturated rings. The van der Waals surface area contributed by atoms with Crippen molar-refractivity contribution in [2.45, 2.75) is 12.8 Å². The highest BCUT2D eigenvalue weighted by molar-refractivity contribution is 5.96. The van der Waals surface area contributed by atoms with Crippen LogP contribution in [0.3, 0.4) is 0 Å². The minimum atomic E-state index is -1.01. The molecule has 0 atom stereocenters. The van der Waals surface area contributed by atoms with Crippen LogP contribution in [0, 0.1) is 5.92 Å². The first-order valence-electron chi connectivity index (χ1n) is 8.83. The first kappa shape index (κ1) is 18.6. The number of carboxylic acid groups (broad SMARTS) is 1. The van der Waals surface area contributed by atoms with Crippen LogP contribution >= 0.6 is 0 Å². The van der Waals surface area contributed by atoms with Gasteiger partial charge in [0.15, 0.2) is 0 Å². The molecule has 142 valence electrons. The Morgan fingerprint density at radius 3 is 2.30 bits per heavy atom. The van der Waals surface area contributed by atoms with Crippen LogP contribution in [0.2, 0.25) is 0 Å². The number of aromatic carboxylic acids is 1. The van der Waals surface area contributed by atoms with Crippen LogP contribution in [0.1, 0.15) is 43.9 Å². The van der Waals surface area contributed by atoms with Crippen LogP contribution in [-0.2, 0) is 7.05 Å². The molecule has 8 nitrogen and oxygen atoms in total. The highest BCUT2D eigenvalue weighted by Crippen LogP contribution is 2.19. The Morgan fingerprint density at radius 1 is 1.11 bits per heavy atom. The molecule has 1 aliphatic rings. The van der Waals surface area contributed by atoms with Gasteiger partial charge in [-0.25, -0.2) is 4.79 Å². The summed E-state index contributed by atoms with van der Waals surface area (Å²) in [4.78, 5) is 37.3. The molecule has 27 heavy (non-hydrogen) atoms. The smallest absolute Gasteiger partial charge is 0.335 e. The van der Waals surface area contributed by atoms with E-state index in [0.29, 0.717) is 36.7 Å². The molecule has 2 aromatic rings. The minimum absolute atomic E-state index is 0.0928. The molecular weight excluding hydrogens is 348 g/mol. The van der Waals surface area contributed by atoms with Gasteiger partial charge in [-0.05, 0) is 43.0 Å². The summed E-state index contributed by atoms with van der Waals surface area (Å²) in [6, 6.07) is 5.98. The number of amides is 2. The van der Waals surface area contributed by atoms with Crippen LogP contribution in [-0.4, -0.2) is 57.2 Å². The number of likely N-dealkylation sites (tertiary alicyclic amines) is 1. The summed E-state index contributed by atoms with van der Waals surface area (Å²) in [5, 5.41) is 15.8. The zero-order valence-corrected chi connectivity index (χ0v) is 15.1. The fourth-order valence-electron chi connectivity index (χ4n) is 3.16. The second-order valence-electron chi connectivity index (χ2n) is 6.73. The largest absolute Gasteiger partial charge is 0.478 e. The number of aromatic nitrogens is 2. The summed E-state index contributed by atoms with van der Waals surface area (Å²) in [5.74, 6) is -0.919. The summed E-state index contributed by atoms with van der Waals surface area (Å²) >= 11 is 0. The zero-order chi connectivity index (χ0) is 19.4. The Kier molecular flexibility index (Phi) is 5.54. The number of hydrogen-bond acceptors (Lipinski definition) is 4. The number of aryl methyl sites for hydroxylation is 1. The fraction of sp³-hybridized carbons (Fsp3) is 0.368. The van der Waals surface area contributed by atoms with Crippen molar-refractivity contribution in [2.75, 3.05) is 19.6 Å². The number of carboxylic acids is 1. The van der Waals surface area contributed by atoms with E-state index in [1.807, 2.05) is 0 Å². The molecule has 8 heteroatoms. The van der Waals surface area contributed by atoms with Gasteiger partial charge >= 0.3 is 5.97 Å². The van der Waals surface area contributed by atoms with Crippen LogP contribution in [0.25, 0.3) is 0 Å². The van der Waals surface area contributed by atoms with Crippen LogP contribution in [0.4, 0.5) is 0 Å². The number of nitrogens with zero attached hydrogens (tertiary/aromatic N) is 3. The Bertz CT molecular complexity index is 836. The lowest BCUT2D eigenvalue weighted by Gasteiger charge is -2.32. The second kappa shape index (κ2) is 8.03. The van der Waals surface area contributed by atoms with Gasteiger partial charge in [-0.1, -0.05) is 0 Å². The Labute approximate surface area is 156 Å². The van der Waals surface area contributed by atoms with Gasteiger partial charge in [0, 0.05) is 38.4 Å². The molecule has 2 N–H and O–H groups in total. The Hall–Kier alpha value is -3.16. The Morgan fingerprint density at radius 2 is 1.74 bits per heavy atom. The quantitative estimate of drug-likeness (QED) is 0.828. The third kappa shape index (κ3) is 4.52. The van der Waals surface area contributed by atoms with E-state index in [1.54, 1.807) is 35.0 Å². The molecular formula is C19H22N4O4. The molecule has 0 saturated carbocycles. The third-order valence-electron chi connectivity index (χ3n) is 4.80. The molecule has 2 heterocycles. The topological polar surface area (TPSA) is 105 Å². The van der Waals surface area contributed by atoms with Crippen LogP contribution in [0.15, 0.2) is 36.7 Å². The SMILES string of the molecule is Cn1cc(C(=O)NCC2CCN(C(=O)c3ccc(C(=O)O)cc3)CC2)cn1. The van der Waals surface area contributed by atoms with Crippen LogP contribution in [0.5, 0.6) is 0 Å². The van der Waals surface area contributed by atoms with Gasteiger partial charge in [0.05, 0.1) is 17.3 Å². The number of nitrogens with one attached hydrogen (secondary N) is 1. The lowest BCUT2D eigenvalue weighted by molar-refractivity contribution is 0.0677. The van der Waals surface area contributed by atoms with E-state index in [9.17, 15) is 14.4 Å². The predicted molar refractivity (Wildman–Crippen MR) is 97.6 cm³/mol. The van der Waals surface area contributed by atoms with E-state index >= 15 is 0 Å². The van der Waals surface area contributed by atoms with E-state index in [1.165, 1.54) is 18.3 Å². The number of carbonyl (C=O) groups is 3. The lowest BCUT2D eigenvalue weighted by Crippen LogP contribution is -2.41. The predicted octanol–water partition coefficient (Wildman–Crippen LogP) is 1.40. The molecule has 3 rings (SSSR count). The van der Waals surface area contributed by atoms with E-state index in [2.05, 4.69) is 10.4 Å². The number of carbonyl (C=O) groups excluding carboxylic acids is 2. The van der Waals surface area contributed by atoms with Gasteiger partial charge in [-0.2, -0.15) is 5.10 Å². The highest BCUT2D eigenvalue weighted by Gasteiger charge is 2.24. The molecule has 0 aliphatic carbocycles. The summed E-state index contributed by atoms with van der Waals surface area (Å²) in [6.45, 7) is 1.81. The van der Waals surface area contributed by atoms with Crippen LogP contribution < -0.4 is 5.32 Å². The number of benzene rings is 1. The lowest BCUT2D eigenvalue weighted by atomic mass is 9.96. The monoisotopic (exact) mass is 370 g/mol. The molecule has 1 aliphatic heterocycles. The summed E-state index contributed by atoms with van der Waals surface area (Å²) in [6.07, 6.45) is 4.83. The maximum Gasteiger partial charge on any atom is 0.335 e. The molecule has 0 spiro atoms. The van der Waals surface area contributed by atoms with Crippen molar-refractivity contribution in [3.05, 3.63) is 53.3 Å². The van der Waals surface area contributed by atoms with Gasteiger partial charge in [0.1, 0.15) is 0 Å². The van der Waals surface area contributed by atoms with Crippen molar-refractivity contribution < 1.29 is 19.5 Å². The average Bonchev–Trinajstić information content (AvgIpc) is 3.12. The van der Waals surface area contributed by atoms with Gasteiger partial charge < -0.3 is 15.3 Å². The van der Waals surface area contributed by atoms with Crippen molar-refractivity contribution in [1.29, 1.82) is 0 Å². The van der Waals surface area contributed by atoms with E-state index in [0.717, 1.165) is 12.8 Å². The van der Waals surface area contributed by atoms with Gasteiger partial charge in [-0.3, -0.25) is 14.3 Å². The maximum atomic E-state index is 12.5. The zero-order valence-electron chi connectivity index (χ0n) is 15.1. The summed E-state index contributed by atoms with van der Waals surface area (Å²) < 4.78 is 1.59. The first-order valence-corrected chi connectivity index (χ1v) is 8.83. The molecule has 0 radical (unpaired) electrons. The van der Waals surface area contributed by atoms with E-state index in [4.69, 9.17) is 5.11 Å². The van der Waals surface area contributed by atoms with Crippen molar-refractivity contribution in [3.63, 3.8) is 0 Å². The minimum Gasteiger partial charge on any atom is -0.478 e. The third-order valence-corrected chi connectivity index (χ3v) is 4.80. The molecule has 0 unspecified atom stereocenters. The number of piperidine rings is 1. The summed E-state index contributed by atoms with van der Waals surface area (Å²) in [7, 11) is 1.76. The molecule has 1 saturated heterocycles. The van der Waals surface area contributed by atoms with E-state index in [-0.39, 0.29) is 17.4 Å². The molecule has 1 aromatic carbocycles. The molecule has 0 bridgehead atoms. The van der Waals surface area contributed by atoms with Crippen molar-refractivity contribution in [3.8, 4) is 0 Å². The maximum absolute atomic E-state index is 12.5. The van der Waals surface area contributed by atoms with Gasteiger partial charge in [0.2, 0.25) is 0 Å². The standard InChI is InChI=1S/C19H22N4O4/c1-22-12-16(11-21-22)17(24)20-10-13-6-8-23(9-7-13)18(25)14-2-4-15(5-3-14)19(26)27/h2-5,11-13H,6-10H2,1H3,(H,20,24)(H,26,27). The van der Waals surface area contributed by atoms with Crippen molar-refractivity contribution in [2.24, 2.45) is 13.0 Å². The number of rotatable bonds is 5. The van der Waals surface area contributed by atoms with Crippen molar-refractivity contribution in [1.82, 2.24) is 20.0 Å². The van der Waals surface area contributed by atoms with Gasteiger partial charge in [0.25, 0.3) is 11.8 Å². The molecule has 1 aromatic heterocycles. The normalized spacial score (nSPS) is 14.8. The van der Waals surface area contributed by atoms with Gasteiger partial charge in [-0.15, -0.1) is 0 Å². The molecule has 2 amide bonds. The highest BCUT2D eigenvalue weighted by atomic mass is 16.4.